The summed E-state index contributed by atoms with van der Waals surface area (Å²) in [6.07, 6.45) is 2.02. The highest BCUT2D eigenvalue weighted by atomic mass is 15.6. The normalized spacial score (nSPS) is 44.4. The first-order valence-electron chi connectivity index (χ1n) is 4.82. The van der Waals surface area contributed by atoms with Gasteiger partial charge in [0, 0.05) is 0 Å². The second kappa shape index (κ2) is 3.38. The monoisotopic (exact) mass is 183 g/mol. The van der Waals surface area contributed by atoms with Crippen LogP contribution in [0.3, 0.4) is 0 Å². The van der Waals surface area contributed by atoms with Crippen molar-refractivity contribution in [2.45, 2.75) is 0 Å². The Bertz CT molecular complexity index is 192. The molecule has 0 amide bonds. The fourth-order valence-corrected chi connectivity index (χ4v) is 2.38. The molecule has 2 rings (SSSR count). The smallest absolute Gasteiger partial charge is 0.138 e. The molecule has 2 heterocycles. The molecule has 0 aromatic carbocycles. The number of rotatable bonds is 2. The fraction of sp³-hybridized carbons (Fsp3) is 0.778. The molecule has 2 bridgehead atoms. The van der Waals surface area contributed by atoms with Gasteiger partial charge in [-0.3, -0.25) is 9.80 Å². The third-order valence-electron chi connectivity index (χ3n) is 2.72. The van der Waals surface area contributed by atoms with Crippen LogP contribution in [-0.4, -0.2) is 61.2 Å². The minimum Gasteiger partial charge on any atom is -0.298 e. The molecule has 0 aliphatic carbocycles. The SMILES string of the molecule is C=CC[N+]1(C)CN2CNCN(C2)C1. The van der Waals surface area contributed by atoms with Crippen LogP contribution in [0.2, 0.25) is 0 Å². The summed E-state index contributed by atoms with van der Waals surface area (Å²) in [6, 6.07) is 0. The largest absolute Gasteiger partial charge is 0.298 e. The summed E-state index contributed by atoms with van der Waals surface area (Å²) in [7, 11) is 2.30. The molecular weight excluding hydrogens is 164 g/mol. The summed E-state index contributed by atoms with van der Waals surface area (Å²) in [6.45, 7) is 10.3. The second-order valence-electron chi connectivity index (χ2n) is 4.42. The predicted octanol–water partition coefficient (Wildman–Crippen LogP) is -0.373. The first kappa shape index (κ1) is 9.15. The number of likely N-dealkylation sites (N-methyl/N-ethyl adjacent to an activating group) is 1. The maximum Gasteiger partial charge on any atom is 0.138 e. The average molecular weight is 183 g/mol. The Morgan fingerprint density at radius 2 is 2.00 bits per heavy atom. The van der Waals surface area contributed by atoms with Gasteiger partial charge in [-0.05, 0) is 6.08 Å². The van der Waals surface area contributed by atoms with E-state index in [4.69, 9.17) is 0 Å². The molecule has 4 heteroatoms. The van der Waals surface area contributed by atoms with E-state index < -0.39 is 0 Å². The van der Waals surface area contributed by atoms with Crippen molar-refractivity contribution in [3.8, 4) is 0 Å². The van der Waals surface area contributed by atoms with Crippen molar-refractivity contribution >= 4 is 0 Å². The molecule has 0 aromatic heterocycles. The van der Waals surface area contributed by atoms with E-state index in [2.05, 4.69) is 28.7 Å². The molecule has 0 saturated carbocycles. The molecule has 2 aliphatic rings. The van der Waals surface area contributed by atoms with E-state index in [1.165, 1.54) is 0 Å². The van der Waals surface area contributed by atoms with Crippen molar-refractivity contribution in [3.63, 3.8) is 0 Å². The van der Waals surface area contributed by atoms with Gasteiger partial charge in [0.2, 0.25) is 0 Å². The van der Waals surface area contributed by atoms with E-state index in [9.17, 15) is 0 Å². The zero-order valence-corrected chi connectivity index (χ0v) is 8.37. The summed E-state index contributed by atoms with van der Waals surface area (Å²) in [4.78, 5) is 4.88. The van der Waals surface area contributed by atoms with E-state index >= 15 is 0 Å². The van der Waals surface area contributed by atoms with Crippen LogP contribution in [-0.2, 0) is 0 Å². The zero-order chi connectivity index (χ0) is 9.31. The Hall–Kier alpha value is -0.420. The number of quaternary nitrogens is 1. The van der Waals surface area contributed by atoms with Crippen LogP contribution in [0.15, 0.2) is 12.7 Å². The maximum absolute atomic E-state index is 3.83. The maximum atomic E-state index is 3.83. The molecular formula is C9H19N4+. The summed E-state index contributed by atoms with van der Waals surface area (Å²) in [5, 5.41) is 3.38. The van der Waals surface area contributed by atoms with Gasteiger partial charge < -0.3 is 0 Å². The van der Waals surface area contributed by atoms with Crippen molar-refractivity contribution in [2.24, 2.45) is 0 Å². The van der Waals surface area contributed by atoms with Crippen molar-refractivity contribution in [1.29, 1.82) is 0 Å². The minimum absolute atomic E-state index is 1.03. The van der Waals surface area contributed by atoms with Crippen molar-refractivity contribution in [1.82, 2.24) is 15.1 Å². The van der Waals surface area contributed by atoms with Gasteiger partial charge >= 0.3 is 0 Å². The first-order valence-corrected chi connectivity index (χ1v) is 4.82. The van der Waals surface area contributed by atoms with Crippen LogP contribution >= 0.6 is 0 Å². The molecule has 4 nitrogen and oxygen atoms in total. The number of nitrogens with one attached hydrogen (secondary N) is 1. The highest BCUT2D eigenvalue weighted by Gasteiger charge is 2.34. The molecule has 2 fully saturated rings. The lowest BCUT2D eigenvalue weighted by Crippen LogP contribution is -2.69. The number of nitrogens with zero attached hydrogens (tertiary/aromatic N) is 3. The highest BCUT2D eigenvalue weighted by molar-refractivity contribution is 4.70. The van der Waals surface area contributed by atoms with E-state index in [1.807, 2.05) is 6.08 Å². The van der Waals surface area contributed by atoms with Gasteiger partial charge in [0.15, 0.2) is 0 Å². The lowest BCUT2D eigenvalue weighted by molar-refractivity contribution is -0.932. The van der Waals surface area contributed by atoms with Gasteiger partial charge in [-0.1, -0.05) is 6.58 Å². The van der Waals surface area contributed by atoms with Gasteiger partial charge in [-0.15, -0.1) is 0 Å². The lowest BCUT2D eigenvalue weighted by Gasteiger charge is -2.49. The molecule has 2 unspecified atom stereocenters. The van der Waals surface area contributed by atoms with Gasteiger partial charge in [-0.25, -0.2) is 9.80 Å². The number of fused-ring (bicyclic) bond motifs is 2. The fourth-order valence-electron chi connectivity index (χ4n) is 2.38. The quantitative estimate of drug-likeness (QED) is 0.465. The highest BCUT2D eigenvalue weighted by Crippen LogP contribution is 2.15. The molecule has 74 valence electrons. The predicted molar refractivity (Wildman–Crippen MR) is 52.4 cm³/mol. The van der Waals surface area contributed by atoms with Gasteiger partial charge in [-0.2, -0.15) is 0 Å². The number of hydrogen-bond donors (Lipinski definition) is 1. The van der Waals surface area contributed by atoms with E-state index in [1.54, 1.807) is 0 Å². The molecule has 0 aromatic rings. The van der Waals surface area contributed by atoms with Crippen LogP contribution in [0.5, 0.6) is 0 Å². The van der Waals surface area contributed by atoms with E-state index in [0.717, 1.165) is 44.4 Å². The zero-order valence-electron chi connectivity index (χ0n) is 8.37. The van der Waals surface area contributed by atoms with Crippen molar-refractivity contribution < 1.29 is 4.48 Å². The second-order valence-corrected chi connectivity index (χ2v) is 4.42. The minimum atomic E-state index is 1.03. The summed E-state index contributed by atoms with van der Waals surface area (Å²) < 4.78 is 1.07. The Morgan fingerprint density at radius 3 is 2.54 bits per heavy atom. The standard InChI is InChI=1S/C9H19N4/c1-3-4-13(2)8-11-5-10-6-12(7-11)9-13/h3,10H,1,4-9H2,2H3/q+1. The molecule has 0 spiro atoms. The van der Waals surface area contributed by atoms with Crippen molar-refractivity contribution in [2.75, 3.05) is 46.9 Å². The molecule has 2 saturated heterocycles. The summed E-state index contributed by atoms with van der Waals surface area (Å²) >= 11 is 0. The topological polar surface area (TPSA) is 18.5 Å². The van der Waals surface area contributed by atoms with Gasteiger partial charge in [0.05, 0.1) is 33.6 Å². The van der Waals surface area contributed by atoms with Crippen molar-refractivity contribution in [3.05, 3.63) is 12.7 Å². The Labute approximate surface area is 80.0 Å². The van der Waals surface area contributed by atoms with Crippen LogP contribution < -0.4 is 5.32 Å². The molecule has 2 aliphatic heterocycles. The van der Waals surface area contributed by atoms with Gasteiger partial charge in [0.1, 0.15) is 13.3 Å². The molecule has 2 atom stereocenters. The van der Waals surface area contributed by atoms with E-state index in [0.29, 0.717) is 0 Å². The van der Waals surface area contributed by atoms with Crippen LogP contribution in [0.25, 0.3) is 0 Å². The van der Waals surface area contributed by atoms with Gasteiger partial charge in [0.25, 0.3) is 0 Å². The van der Waals surface area contributed by atoms with E-state index in [-0.39, 0.29) is 0 Å². The summed E-state index contributed by atoms with van der Waals surface area (Å²) in [5.74, 6) is 0. The summed E-state index contributed by atoms with van der Waals surface area (Å²) in [5.41, 5.74) is 0. The Kier molecular flexibility index (Phi) is 2.38. The Balaban J connectivity index is 2.03. The Morgan fingerprint density at radius 1 is 1.38 bits per heavy atom. The third kappa shape index (κ3) is 1.91. The van der Waals surface area contributed by atoms with Crippen LogP contribution in [0.4, 0.5) is 0 Å². The third-order valence-corrected chi connectivity index (χ3v) is 2.72. The lowest BCUT2D eigenvalue weighted by atomic mass is 10.4. The number of hydrogen-bond acceptors (Lipinski definition) is 3. The van der Waals surface area contributed by atoms with Crippen LogP contribution in [0, 0.1) is 0 Å². The molecule has 0 radical (unpaired) electrons. The molecule has 13 heavy (non-hydrogen) atoms. The average Bonchev–Trinajstić information content (AvgIpc) is 2.02. The first-order chi connectivity index (χ1) is 6.22. The van der Waals surface area contributed by atoms with Crippen LogP contribution in [0.1, 0.15) is 0 Å². The molecule has 1 N–H and O–H groups in total.